The number of fused-ring (bicyclic) bond motifs is 1. The van der Waals surface area contributed by atoms with E-state index in [0.717, 1.165) is 6.42 Å². The Kier molecular flexibility index (Phi) is 3.68. The third kappa shape index (κ3) is 2.70. The fourth-order valence-corrected chi connectivity index (χ4v) is 2.57. The van der Waals surface area contributed by atoms with Crippen molar-refractivity contribution in [3.05, 3.63) is 24.0 Å². The van der Waals surface area contributed by atoms with E-state index in [1.165, 1.54) is 6.26 Å². The van der Waals surface area contributed by atoms with Gasteiger partial charge in [0.1, 0.15) is 17.9 Å². The van der Waals surface area contributed by atoms with Gasteiger partial charge in [0.05, 0.1) is 10.4 Å². The Balaban J connectivity index is 2.39. The first kappa shape index (κ1) is 13.0. The summed E-state index contributed by atoms with van der Waals surface area (Å²) in [4.78, 5) is 7.61. The van der Waals surface area contributed by atoms with Crippen LogP contribution in [0.4, 0.5) is 0 Å². The van der Waals surface area contributed by atoms with Gasteiger partial charge in [-0.3, -0.25) is 0 Å². The summed E-state index contributed by atoms with van der Waals surface area (Å²) in [6.07, 6.45) is 2.12. The molecular weight excluding hydrogens is 252 g/mol. The van der Waals surface area contributed by atoms with Gasteiger partial charge in [0.2, 0.25) is 0 Å². The number of ether oxygens (including phenoxy) is 1. The quantitative estimate of drug-likeness (QED) is 0.841. The smallest absolute Gasteiger partial charge is 0.177 e. The van der Waals surface area contributed by atoms with Crippen LogP contribution in [0.5, 0.6) is 0 Å². The molecule has 2 aromatic rings. The molecule has 0 fully saturated rings. The molecule has 1 N–H and O–H groups in total. The number of rotatable bonds is 5. The fraction of sp³-hybridized carbons (Fsp3) is 0.417. The average molecular weight is 268 g/mol. The van der Waals surface area contributed by atoms with E-state index < -0.39 is 9.84 Å². The van der Waals surface area contributed by atoms with Crippen molar-refractivity contribution in [2.24, 2.45) is 0 Å². The van der Waals surface area contributed by atoms with Crippen LogP contribution in [0.25, 0.3) is 11.0 Å². The first-order valence-corrected chi connectivity index (χ1v) is 7.67. The topological polar surface area (TPSA) is 72.0 Å². The van der Waals surface area contributed by atoms with E-state index in [4.69, 9.17) is 4.74 Å². The fourth-order valence-electron chi connectivity index (χ4n) is 1.74. The van der Waals surface area contributed by atoms with Crippen LogP contribution in [0.15, 0.2) is 23.1 Å². The Bertz CT molecular complexity index is 646. The number of nitrogens with one attached hydrogen (secondary N) is 1. The maximum Gasteiger partial charge on any atom is 0.177 e. The lowest BCUT2D eigenvalue weighted by atomic mass is 10.3. The third-order valence-corrected chi connectivity index (χ3v) is 3.64. The second kappa shape index (κ2) is 5.07. The summed E-state index contributed by atoms with van der Waals surface area (Å²) >= 11 is 0. The van der Waals surface area contributed by atoms with Crippen LogP contribution in [0.2, 0.25) is 0 Å². The van der Waals surface area contributed by atoms with E-state index in [1.807, 2.05) is 6.92 Å². The minimum Gasteiger partial charge on any atom is -0.374 e. The van der Waals surface area contributed by atoms with E-state index in [2.05, 4.69) is 9.97 Å². The van der Waals surface area contributed by atoms with Crippen LogP contribution in [-0.2, 0) is 21.2 Å². The number of para-hydroxylation sites is 1. The molecule has 98 valence electrons. The molecule has 0 amide bonds. The molecule has 0 saturated carbocycles. The summed E-state index contributed by atoms with van der Waals surface area (Å²) in [6, 6.07) is 5.07. The Hall–Kier alpha value is -1.40. The van der Waals surface area contributed by atoms with Crippen molar-refractivity contribution in [3.8, 4) is 0 Å². The number of H-pyrrole nitrogens is 1. The average Bonchev–Trinajstić information content (AvgIpc) is 2.70. The zero-order valence-electron chi connectivity index (χ0n) is 10.4. The van der Waals surface area contributed by atoms with Gasteiger partial charge in [0.25, 0.3) is 0 Å². The Morgan fingerprint density at radius 1 is 1.39 bits per heavy atom. The van der Waals surface area contributed by atoms with E-state index in [9.17, 15) is 8.42 Å². The zero-order chi connectivity index (χ0) is 13.2. The van der Waals surface area contributed by atoms with Gasteiger partial charge in [0, 0.05) is 12.9 Å². The van der Waals surface area contributed by atoms with Crippen molar-refractivity contribution in [1.82, 2.24) is 9.97 Å². The molecule has 5 nitrogen and oxygen atoms in total. The van der Waals surface area contributed by atoms with Gasteiger partial charge in [-0.25, -0.2) is 13.4 Å². The van der Waals surface area contributed by atoms with Gasteiger partial charge in [-0.05, 0) is 18.6 Å². The standard InChI is InChI=1S/C12H16N2O3S/c1-3-7-17-8-11-13-9-5-4-6-10(12(9)14-11)18(2,15)16/h4-6H,3,7-8H2,1-2H3,(H,13,14). The van der Waals surface area contributed by atoms with E-state index in [0.29, 0.717) is 30.1 Å². The largest absolute Gasteiger partial charge is 0.374 e. The monoisotopic (exact) mass is 268 g/mol. The predicted molar refractivity (Wildman–Crippen MR) is 69.2 cm³/mol. The Morgan fingerprint density at radius 2 is 2.17 bits per heavy atom. The number of imidazole rings is 1. The van der Waals surface area contributed by atoms with Gasteiger partial charge in [0.15, 0.2) is 9.84 Å². The lowest BCUT2D eigenvalue weighted by Crippen LogP contribution is -1.98. The van der Waals surface area contributed by atoms with Gasteiger partial charge in [-0.2, -0.15) is 0 Å². The maximum atomic E-state index is 11.6. The second-order valence-electron chi connectivity index (χ2n) is 4.16. The number of hydrogen-bond acceptors (Lipinski definition) is 4. The molecule has 0 saturated heterocycles. The lowest BCUT2D eigenvalue weighted by Gasteiger charge is -1.98. The molecule has 0 aliphatic rings. The number of hydrogen-bond donors (Lipinski definition) is 1. The van der Waals surface area contributed by atoms with Crippen LogP contribution in [0.3, 0.4) is 0 Å². The van der Waals surface area contributed by atoms with Crippen LogP contribution in [-0.4, -0.2) is 31.2 Å². The molecule has 0 aliphatic heterocycles. The highest BCUT2D eigenvalue weighted by Gasteiger charge is 2.14. The van der Waals surface area contributed by atoms with Gasteiger partial charge in [-0.1, -0.05) is 13.0 Å². The normalized spacial score (nSPS) is 12.1. The molecular formula is C12H16N2O3S. The number of benzene rings is 1. The highest BCUT2D eigenvalue weighted by molar-refractivity contribution is 7.91. The van der Waals surface area contributed by atoms with E-state index in [-0.39, 0.29) is 4.90 Å². The van der Waals surface area contributed by atoms with E-state index in [1.54, 1.807) is 18.2 Å². The number of aromatic amines is 1. The molecule has 0 aliphatic carbocycles. The molecule has 1 aromatic carbocycles. The van der Waals surface area contributed by atoms with Crippen LogP contribution >= 0.6 is 0 Å². The van der Waals surface area contributed by atoms with Crippen molar-refractivity contribution < 1.29 is 13.2 Å². The number of aromatic nitrogens is 2. The van der Waals surface area contributed by atoms with Crippen molar-refractivity contribution in [1.29, 1.82) is 0 Å². The van der Waals surface area contributed by atoms with Crippen LogP contribution in [0.1, 0.15) is 19.2 Å². The van der Waals surface area contributed by atoms with Crippen LogP contribution < -0.4 is 0 Å². The first-order valence-electron chi connectivity index (χ1n) is 5.77. The molecule has 0 radical (unpaired) electrons. The third-order valence-electron chi connectivity index (χ3n) is 2.51. The van der Waals surface area contributed by atoms with Crippen molar-refractivity contribution in [3.63, 3.8) is 0 Å². The minimum absolute atomic E-state index is 0.248. The highest BCUT2D eigenvalue weighted by Crippen LogP contribution is 2.21. The SMILES string of the molecule is CCCOCc1nc2c(S(C)(=O)=O)cccc2[nH]1. The summed E-state index contributed by atoms with van der Waals surface area (Å²) < 4.78 is 28.6. The molecule has 0 unspecified atom stereocenters. The summed E-state index contributed by atoms with van der Waals surface area (Å²) in [6.45, 7) is 3.06. The van der Waals surface area contributed by atoms with Crippen molar-refractivity contribution >= 4 is 20.9 Å². The zero-order valence-corrected chi connectivity index (χ0v) is 11.3. The molecule has 0 bridgehead atoms. The number of nitrogens with zero attached hydrogens (tertiary/aromatic N) is 1. The molecule has 18 heavy (non-hydrogen) atoms. The first-order chi connectivity index (χ1) is 8.52. The van der Waals surface area contributed by atoms with Crippen LogP contribution in [0, 0.1) is 0 Å². The number of sulfone groups is 1. The van der Waals surface area contributed by atoms with E-state index >= 15 is 0 Å². The molecule has 2 rings (SSSR count). The summed E-state index contributed by atoms with van der Waals surface area (Å²) in [5.41, 5.74) is 1.20. The highest BCUT2D eigenvalue weighted by atomic mass is 32.2. The lowest BCUT2D eigenvalue weighted by molar-refractivity contribution is 0.117. The molecule has 6 heteroatoms. The van der Waals surface area contributed by atoms with Gasteiger partial charge >= 0.3 is 0 Å². The maximum absolute atomic E-state index is 11.6. The Labute approximate surface area is 106 Å². The summed E-state index contributed by atoms with van der Waals surface area (Å²) in [5, 5.41) is 0. The predicted octanol–water partition coefficient (Wildman–Crippen LogP) is 1.89. The Morgan fingerprint density at radius 3 is 2.83 bits per heavy atom. The molecule has 0 spiro atoms. The molecule has 1 aromatic heterocycles. The summed E-state index contributed by atoms with van der Waals surface area (Å²) in [5.74, 6) is 0.648. The van der Waals surface area contributed by atoms with Gasteiger partial charge in [-0.15, -0.1) is 0 Å². The van der Waals surface area contributed by atoms with Crippen molar-refractivity contribution in [2.45, 2.75) is 24.8 Å². The minimum atomic E-state index is -3.26. The van der Waals surface area contributed by atoms with Gasteiger partial charge < -0.3 is 9.72 Å². The molecule has 1 heterocycles. The summed E-state index contributed by atoms with van der Waals surface area (Å²) in [7, 11) is -3.26. The van der Waals surface area contributed by atoms with Crippen molar-refractivity contribution in [2.75, 3.05) is 12.9 Å². The molecule has 0 atom stereocenters. The second-order valence-corrected chi connectivity index (χ2v) is 6.14.